The van der Waals surface area contributed by atoms with Crippen molar-refractivity contribution >= 4 is 15.7 Å². The first-order chi connectivity index (χ1) is 7.99. The highest BCUT2D eigenvalue weighted by atomic mass is 32.2. The summed E-state index contributed by atoms with van der Waals surface area (Å²) < 4.78 is 23.7. The van der Waals surface area contributed by atoms with Gasteiger partial charge in [0, 0.05) is 5.71 Å². The number of hydrogen-bond acceptors (Lipinski definition) is 3. The van der Waals surface area contributed by atoms with Gasteiger partial charge in [0.15, 0.2) is 0 Å². The maximum absolute atomic E-state index is 11.9. The lowest BCUT2D eigenvalue weighted by atomic mass is 10.2. The Morgan fingerprint density at radius 1 is 1.29 bits per heavy atom. The number of nitrogens with zero attached hydrogens (tertiary/aromatic N) is 1. The number of rotatable bonds is 4. The molecule has 1 saturated carbocycles. The largest absolute Gasteiger partial charge is 0.276 e. The van der Waals surface area contributed by atoms with Gasteiger partial charge in [-0.05, 0) is 44.7 Å². The van der Waals surface area contributed by atoms with Crippen molar-refractivity contribution in [2.24, 2.45) is 11.0 Å². The highest BCUT2D eigenvalue weighted by molar-refractivity contribution is 7.89. The van der Waals surface area contributed by atoms with Crippen LogP contribution in [0.15, 0.2) is 34.3 Å². The molecule has 0 radical (unpaired) electrons. The zero-order valence-electron chi connectivity index (χ0n) is 9.97. The second-order valence-electron chi connectivity index (χ2n) is 4.44. The summed E-state index contributed by atoms with van der Waals surface area (Å²) in [5, 5.41) is 3.94. The second-order valence-corrected chi connectivity index (χ2v) is 6.10. The van der Waals surface area contributed by atoms with Crippen molar-refractivity contribution in [3.8, 4) is 0 Å². The van der Waals surface area contributed by atoms with Gasteiger partial charge >= 0.3 is 0 Å². The normalized spacial score (nSPS) is 16.9. The minimum Gasteiger partial charge on any atom is -0.200 e. The van der Waals surface area contributed by atoms with Gasteiger partial charge in [-0.1, -0.05) is 17.7 Å². The van der Waals surface area contributed by atoms with Gasteiger partial charge in [-0.25, -0.2) is 4.83 Å². The molecule has 1 N–H and O–H groups in total. The highest BCUT2D eigenvalue weighted by Gasteiger charge is 2.25. The molecule has 1 aromatic rings. The Hall–Kier alpha value is -1.36. The summed E-state index contributed by atoms with van der Waals surface area (Å²) >= 11 is 0. The Bertz CT molecular complexity index is 528. The first-order valence-electron chi connectivity index (χ1n) is 5.62. The third kappa shape index (κ3) is 3.06. The lowest BCUT2D eigenvalue weighted by molar-refractivity contribution is 0.584. The van der Waals surface area contributed by atoms with Crippen molar-refractivity contribution in [3.05, 3.63) is 29.8 Å². The van der Waals surface area contributed by atoms with Gasteiger partial charge in [-0.3, -0.25) is 0 Å². The van der Waals surface area contributed by atoms with Crippen molar-refractivity contribution in [1.82, 2.24) is 4.83 Å². The number of nitrogens with one attached hydrogen (secondary N) is 1. The van der Waals surface area contributed by atoms with Crippen LogP contribution in [0.3, 0.4) is 0 Å². The van der Waals surface area contributed by atoms with Gasteiger partial charge < -0.3 is 0 Å². The topological polar surface area (TPSA) is 58.5 Å². The summed E-state index contributed by atoms with van der Waals surface area (Å²) in [4.78, 5) is 2.52. The zero-order valence-corrected chi connectivity index (χ0v) is 10.8. The molecule has 0 heterocycles. The molecule has 0 aliphatic heterocycles. The van der Waals surface area contributed by atoms with Crippen molar-refractivity contribution in [3.63, 3.8) is 0 Å². The first-order valence-corrected chi connectivity index (χ1v) is 7.10. The smallest absolute Gasteiger partial charge is 0.200 e. The van der Waals surface area contributed by atoms with E-state index in [1.807, 2.05) is 13.8 Å². The third-order valence-electron chi connectivity index (χ3n) is 2.84. The van der Waals surface area contributed by atoms with Crippen molar-refractivity contribution in [2.75, 3.05) is 0 Å². The Kier molecular flexibility index (Phi) is 3.19. The average Bonchev–Trinajstić information content (AvgIpc) is 3.10. The first kappa shape index (κ1) is 12.1. The predicted octanol–water partition coefficient (Wildman–Crippen LogP) is 2.06. The monoisotopic (exact) mass is 252 g/mol. The molecule has 0 amide bonds. The van der Waals surface area contributed by atoms with E-state index < -0.39 is 10.0 Å². The van der Waals surface area contributed by atoms with E-state index in [2.05, 4.69) is 9.93 Å². The van der Waals surface area contributed by atoms with Crippen LogP contribution in [-0.2, 0) is 10.0 Å². The molecular weight excluding hydrogens is 236 g/mol. The number of hydrazone groups is 1. The van der Waals surface area contributed by atoms with Gasteiger partial charge in [0.2, 0.25) is 0 Å². The summed E-state index contributed by atoms with van der Waals surface area (Å²) in [5.74, 6) is 0.468. The minimum absolute atomic E-state index is 0.246. The van der Waals surface area contributed by atoms with E-state index in [1.165, 1.54) is 0 Å². The minimum atomic E-state index is -3.52. The number of aryl methyl sites for hydroxylation is 1. The van der Waals surface area contributed by atoms with Crippen LogP contribution in [0, 0.1) is 12.8 Å². The van der Waals surface area contributed by atoms with Crippen molar-refractivity contribution in [2.45, 2.75) is 31.6 Å². The van der Waals surface area contributed by atoms with Gasteiger partial charge in [0.25, 0.3) is 10.0 Å². The van der Waals surface area contributed by atoms with E-state index in [-0.39, 0.29) is 4.90 Å². The maximum atomic E-state index is 11.9. The van der Waals surface area contributed by atoms with E-state index in [1.54, 1.807) is 24.3 Å². The molecule has 17 heavy (non-hydrogen) atoms. The lowest BCUT2D eigenvalue weighted by Crippen LogP contribution is -2.20. The molecule has 0 aromatic heterocycles. The van der Waals surface area contributed by atoms with E-state index in [9.17, 15) is 8.42 Å². The Balaban J connectivity index is 2.13. The van der Waals surface area contributed by atoms with Gasteiger partial charge in [0.1, 0.15) is 0 Å². The van der Waals surface area contributed by atoms with Gasteiger partial charge in [0.05, 0.1) is 4.90 Å². The van der Waals surface area contributed by atoms with Gasteiger partial charge in [-0.15, -0.1) is 0 Å². The molecule has 0 saturated heterocycles. The number of sulfonamides is 1. The van der Waals surface area contributed by atoms with Crippen LogP contribution < -0.4 is 4.83 Å². The summed E-state index contributed by atoms with van der Waals surface area (Å²) in [6.07, 6.45) is 2.23. The molecule has 2 rings (SSSR count). The maximum Gasteiger partial charge on any atom is 0.276 e. The predicted molar refractivity (Wildman–Crippen MR) is 67.3 cm³/mol. The van der Waals surface area contributed by atoms with Crippen LogP contribution in [0.4, 0.5) is 0 Å². The van der Waals surface area contributed by atoms with E-state index >= 15 is 0 Å². The Labute approximate surface area is 102 Å². The summed E-state index contributed by atoms with van der Waals surface area (Å²) in [7, 11) is -3.52. The Morgan fingerprint density at radius 3 is 2.41 bits per heavy atom. The standard InChI is InChI=1S/C12H16N2O2S/c1-9-3-7-12(8-4-9)17(15,16)14-13-10(2)11-5-6-11/h3-4,7-8,11,14H,5-6H2,1-2H3/b13-10+. The van der Waals surface area contributed by atoms with Crippen molar-refractivity contribution in [1.29, 1.82) is 0 Å². The van der Waals surface area contributed by atoms with Crippen LogP contribution in [0.5, 0.6) is 0 Å². The van der Waals surface area contributed by atoms with E-state index in [4.69, 9.17) is 0 Å². The fourth-order valence-electron chi connectivity index (χ4n) is 1.49. The fraction of sp³-hybridized carbons (Fsp3) is 0.417. The fourth-order valence-corrected chi connectivity index (χ4v) is 2.36. The average molecular weight is 252 g/mol. The van der Waals surface area contributed by atoms with Crippen LogP contribution in [0.1, 0.15) is 25.3 Å². The molecule has 0 unspecified atom stereocenters. The molecule has 1 aromatic carbocycles. The molecule has 4 nitrogen and oxygen atoms in total. The molecule has 0 spiro atoms. The van der Waals surface area contributed by atoms with Crippen LogP contribution in [0.25, 0.3) is 0 Å². The second kappa shape index (κ2) is 4.49. The molecule has 1 aliphatic rings. The SMILES string of the molecule is C/C(=N\NS(=O)(=O)c1ccc(C)cc1)C1CC1. The van der Waals surface area contributed by atoms with Crippen LogP contribution in [0.2, 0.25) is 0 Å². The zero-order chi connectivity index (χ0) is 12.5. The van der Waals surface area contributed by atoms with Crippen LogP contribution in [-0.4, -0.2) is 14.1 Å². The molecule has 92 valence electrons. The third-order valence-corrected chi connectivity index (χ3v) is 4.07. The number of benzene rings is 1. The van der Waals surface area contributed by atoms with Gasteiger partial charge in [-0.2, -0.15) is 13.5 Å². The lowest BCUT2D eigenvalue weighted by Gasteiger charge is -2.04. The molecule has 5 heteroatoms. The van der Waals surface area contributed by atoms with E-state index in [0.717, 1.165) is 24.1 Å². The summed E-state index contributed by atoms with van der Waals surface area (Å²) in [6, 6.07) is 6.71. The van der Waals surface area contributed by atoms with E-state index in [0.29, 0.717) is 5.92 Å². The molecule has 0 atom stereocenters. The molecule has 1 aliphatic carbocycles. The molecular formula is C12H16N2O2S. The highest BCUT2D eigenvalue weighted by Crippen LogP contribution is 2.30. The Morgan fingerprint density at radius 2 is 1.88 bits per heavy atom. The summed E-state index contributed by atoms with van der Waals surface area (Å²) in [5.41, 5.74) is 1.89. The van der Waals surface area contributed by atoms with Crippen molar-refractivity contribution < 1.29 is 8.42 Å². The molecule has 1 fully saturated rings. The summed E-state index contributed by atoms with van der Waals surface area (Å²) in [6.45, 7) is 3.77. The van der Waals surface area contributed by atoms with Crippen LogP contribution >= 0.6 is 0 Å². The number of hydrogen-bond donors (Lipinski definition) is 1. The molecule has 0 bridgehead atoms. The quantitative estimate of drug-likeness (QED) is 0.658.